The fourth-order valence-corrected chi connectivity index (χ4v) is 2.36. The minimum Gasteiger partial charge on any atom is -0.325 e. The van der Waals surface area contributed by atoms with Crippen molar-refractivity contribution in [3.05, 3.63) is 24.3 Å². The normalized spacial score (nSPS) is 18.2. The predicted molar refractivity (Wildman–Crippen MR) is 75.2 cm³/mol. The second kappa shape index (κ2) is 7.67. The molecule has 0 aromatic heterocycles. The quantitative estimate of drug-likeness (QED) is 0.840. The molecule has 1 aromatic rings. The average molecular weight is 309 g/mol. The summed E-state index contributed by atoms with van der Waals surface area (Å²) in [6, 6.07) is 6.29. The van der Waals surface area contributed by atoms with Crippen molar-refractivity contribution in [2.24, 2.45) is 0 Å². The van der Waals surface area contributed by atoms with E-state index in [9.17, 15) is 13.6 Å². The number of hydrogen-bond donors (Lipinski definition) is 2. The van der Waals surface area contributed by atoms with Crippen LogP contribution in [0.1, 0.15) is 12.8 Å². The van der Waals surface area contributed by atoms with Gasteiger partial charge in [-0.1, -0.05) is 11.8 Å². The summed E-state index contributed by atoms with van der Waals surface area (Å²) < 4.78 is 24.2. The fraction of sp³-hybridized carbons (Fsp3) is 0.417. The van der Waals surface area contributed by atoms with Gasteiger partial charge in [0.1, 0.15) is 0 Å². The Morgan fingerprint density at radius 2 is 2.05 bits per heavy atom. The van der Waals surface area contributed by atoms with E-state index in [1.165, 1.54) is 0 Å². The molecular weight excluding hydrogens is 294 g/mol. The molecule has 0 aliphatic carbocycles. The van der Waals surface area contributed by atoms with Gasteiger partial charge in [-0.25, -0.2) is 0 Å². The zero-order valence-corrected chi connectivity index (χ0v) is 11.7. The SMILES string of the molecule is Cl.O=C(Nc1ccc(SC(F)F)cc1)C1CCCN1. The van der Waals surface area contributed by atoms with Crippen LogP contribution in [0.5, 0.6) is 0 Å². The first-order valence-electron chi connectivity index (χ1n) is 5.74. The number of nitrogens with one attached hydrogen (secondary N) is 2. The smallest absolute Gasteiger partial charge is 0.288 e. The van der Waals surface area contributed by atoms with Gasteiger partial charge in [0.2, 0.25) is 5.91 Å². The number of thioether (sulfide) groups is 1. The van der Waals surface area contributed by atoms with Crippen molar-refractivity contribution < 1.29 is 13.6 Å². The molecule has 19 heavy (non-hydrogen) atoms. The summed E-state index contributed by atoms with van der Waals surface area (Å²) in [7, 11) is 0. The van der Waals surface area contributed by atoms with E-state index in [1.54, 1.807) is 24.3 Å². The van der Waals surface area contributed by atoms with E-state index in [0.717, 1.165) is 19.4 Å². The zero-order chi connectivity index (χ0) is 13.0. The summed E-state index contributed by atoms with van der Waals surface area (Å²) in [5.74, 6) is -2.49. The average Bonchev–Trinajstić information content (AvgIpc) is 2.84. The van der Waals surface area contributed by atoms with Crippen molar-refractivity contribution in [2.75, 3.05) is 11.9 Å². The highest BCUT2D eigenvalue weighted by Gasteiger charge is 2.21. The Hall–Kier alpha value is -0.850. The van der Waals surface area contributed by atoms with Gasteiger partial charge >= 0.3 is 0 Å². The largest absolute Gasteiger partial charge is 0.325 e. The van der Waals surface area contributed by atoms with Gasteiger partial charge in [-0.05, 0) is 43.7 Å². The van der Waals surface area contributed by atoms with Gasteiger partial charge < -0.3 is 10.6 Å². The second-order valence-electron chi connectivity index (χ2n) is 4.04. The Labute approximate surface area is 120 Å². The molecule has 0 spiro atoms. The molecule has 1 heterocycles. The maximum absolute atomic E-state index is 12.1. The van der Waals surface area contributed by atoms with Gasteiger partial charge in [0.15, 0.2) is 0 Å². The molecule has 0 radical (unpaired) electrons. The topological polar surface area (TPSA) is 41.1 Å². The minimum atomic E-state index is -2.42. The Kier molecular flexibility index (Phi) is 6.54. The van der Waals surface area contributed by atoms with Gasteiger partial charge in [0, 0.05) is 10.6 Å². The van der Waals surface area contributed by atoms with Gasteiger partial charge in [-0.3, -0.25) is 4.79 Å². The molecule has 2 N–H and O–H groups in total. The van der Waals surface area contributed by atoms with Crippen LogP contribution in [-0.2, 0) is 4.79 Å². The molecule has 3 nitrogen and oxygen atoms in total. The van der Waals surface area contributed by atoms with E-state index >= 15 is 0 Å². The van der Waals surface area contributed by atoms with Crippen LogP contribution in [0.2, 0.25) is 0 Å². The lowest BCUT2D eigenvalue weighted by Crippen LogP contribution is -2.35. The molecule has 2 rings (SSSR count). The van der Waals surface area contributed by atoms with Gasteiger partial charge in [0.25, 0.3) is 5.76 Å². The lowest BCUT2D eigenvalue weighted by molar-refractivity contribution is -0.117. The summed E-state index contributed by atoms with van der Waals surface area (Å²) in [4.78, 5) is 12.3. The Balaban J connectivity index is 0.00000180. The highest BCUT2D eigenvalue weighted by molar-refractivity contribution is 7.99. The van der Waals surface area contributed by atoms with Gasteiger partial charge in [0.05, 0.1) is 6.04 Å². The minimum absolute atomic E-state index is 0. The molecule has 0 bridgehead atoms. The van der Waals surface area contributed by atoms with E-state index in [1.807, 2.05) is 0 Å². The first-order valence-corrected chi connectivity index (χ1v) is 6.62. The molecule has 1 aromatic carbocycles. The highest BCUT2D eigenvalue weighted by atomic mass is 35.5. The van der Waals surface area contributed by atoms with E-state index in [4.69, 9.17) is 0 Å². The number of hydrogen-bond acceptors (Lipinski definition) is 3. The van der Waals surface area contributed by atoms with Crippen molar-refractivity contribution in [2.45, 2.75) is 29.5 Å². The van der Waals surface area contributed by atoms with E-state index in [0.29, 0.717) is 22.3 Å². The second-order valence-corrected chi connectivity index (χ2v) is 5.10. The maximum Gasteiger partial charge on any atom is 0.288 e. The number of alkyl halides is 2. The first-order chi connectivity index (χ1) is 8.65. The summed E-state index contributed by atoms with van der Waals surface area (Å²) in [6.45, 7) is 0.863. The molecule has 0 saturated carbocycles. The van der Waals surface area contributed by atoms with Crippen molar-refractivity contribution in [3.8, 4) is 0 Å². The Morgan fingerprint density at radius 3 is 2.58 bits per heavy atom. The van der Waals surface area contributed by atoms with Crippen LogP contribution >= 0.6 is 24.2 Å². The molecule has 7 heteroatoms. The van der Waals surface area contributed by atoms with Gasteiger partial charge in [-0.15, -0.1) is 12.4 Å². The van der Waals surface area contributed by atoms with Crippen LogP contribution in [0.15, 0.2) is 29.2 Å². The van der Waals surface area contributed by atoms with Gasteiger partial charge in [-0.2, -0.15) is 8.78 Å². The predicted octanol–water partition coefficient (Wildman–Crippen LogP) is 3.11. The zero-order valence-electron chi connectivity index (χ0n) is 10.1. The molecule has 1 fully saturated rings. The van der Waals surface area contributed by atoms with Crippen molar-refractivity contribution in [3.63, 3.8) is 0 Å². The number of amides is 1. The number of carbonyl (C=O) groups is 1. The summed E-state index contributed by atoms with van der Waals surface area (Å²) in [6.07, 6.45) is 1.84. The Morgan fingerprint density at radius 1 is 1.37 bits per heavy atom. The van der Waals surface area contributed by atoms with Crippen LogP contribution in [-0.4, -0.2) is 24.3 Å². The third kappa shape index (κ3) is 4.97. The van der Waals surface area contributed by atoms with E-state index in [-0.39, 0.29) is 24.4 Å². The number of halogens is 3. The molecule has 1 aliphatic heterocycles. The number of anilines is 1. The van der Waals surface area contributed by atoms with Crippen LogP contribution in [0.3, 0.4) is 0 Å². The molecule has 1 aliphatic rings. The highest BCUT2D eigenvalue weighted by Crippen LogP contribution is 2.26. The molecule has 1 unspecified atom stereocenters. The lowest BCUT2D eigenvalue weighted by Gasteiger charge is -2.11. The summed E-state index contributed by atoms with van der Waals surface area (Å²) in [5.41, 5.74) is 0.632. The summed E-state index contributed by atoms with van der Waals surface area (Å²) >= 11 is 0.493. The Bertz CT molecular complexity index is 411. The van der Waals surface area contributed by atoms with E-state index in [2.05, 4.69) is 10.6 Å². The van der Waals surface area contributed by atoms with E-state index < -0.39 is 5.76 Å². The summed E-state index contributed by atoms with van der Waals surface area (Å²) in [5, 5.41) is 5.86. The number of benzene rings is 1. The molecule has 106 valence electrons. The van der Waals surface area contributed by atoms with Crippen molar-refractivity contribution >= 4 is 35.8 Å². The monoisotopic (exact) mass is 308 g/mol. The standard InChI is InChI=1S/C12H14F2N2OS.ClH/c13-12(14)18-9-5-3-8(4-6-9)16-11(17)10-2-1-7-15-10;/h3-6,10,12,15H,1-2,7H2,(H,16,17);1H. The van der Waals surface area contributed by atoms with Crippen LogP contribution in [0.25, 0.3) is 0 Å². The lowest BCUT2D eigenvalue weighted by atomic mass is 10.2. The third-order valence-electron chi connectivity index (χ3n) is 2.72. The van der Waals surface area contributed by atoms with Crippen LogP contribution < -0.4 is 10.6 Å². The van der Waals surface area contributed by atoms with Crippen molar-refractivity contribution in [1.29, 1.82) is 0 Å². The fourth-order valence-electron chi connectivity index (χ4n) is 1.86. The molecule has 1 atom stereocenters. The first kappa shape index (κ1) is 16.2. The van der Waals surface area contributed by atoms with Crippen LogP contribution in [0, 0.1) is 0 Å². The number of carbonyl (C=O) groups excluding carboxylic acids is 1. The molecule has 1 saturated heterocycles. The third-order valence-corrected chi connectivity index (χ3v) is 3.45. The number of rotatable bonds is 4. The molecular formula is C12H15ClF2N2OS. The molecule has 1 amide bonds. The van der Waals surface area contributed by atoms with Crippen LogP contribution in [0.4, 0.5) is 14.5 Å². The van der Waals surface area contributed by atoms with Crippen molar-refractivity contribution in [1.82, 2.24) is 5.32 Å². The maximum atomic E-state index is 12.1.